The summed E-state index contributed by atoms with van der Waals surface area (Å²) in [7, 11) is 0. The average molecular weight is 314 g/mol. The third-order valence-corrected chi connectivity index (χ3v) is 2.76. The maximum Gasteiger partial charge on any atom is 0.112 e. The Morgan fingerprint density at radius 2 is 1.14 bits per heavy atom. The van der Waals surface area contributed by atoms with Crippen molar-refractivity contribution in [2.75, 3.05) is 0 Å². The van der Waals surface area contributed by atoms with E-state index in [4.69, 9.17) is 26.0 Å². The van der Waals surface area contributed by atoms with Crippen LogP contribution in [0, 0.1) is 18.3 Å². The smallest absolute Gasteiger partial charge is 0.112 e. The van der Waals surface area contributed by atoms with Gasteiger partial charge in [0.1, 0.15) is 5.60 Å². The third-order valence-electron chi connectivity index (χ3n) is 2.76. The Balaban J connectivity index is 4.78. The second kappa shape index (κ2) is 7.31. The molecule has 0 aromatic rings. The molecule has 0 bridgehead atoms. The summed E-state index contributed by atoms with van der Waals surface area (Å²) in [5.41, 5.74) is -1.93. The van der Waals surface area contributed by atoms with Crippen LogP contribution in [0.1, 0.15) is 75.7 Å². The van der Waals surface area contributed by atoms with E-state index in [0.29, 0.717) is 6.42 Å². The molecule has 0 saturated heterocycles. The van der Waals surface area contributed by atoms with Crippen molar-refractivity contribution in [3.05, 3.63) is 0 Å². The van der Waals surface area contributed by atoms with Gasteiger partial charge in [0.2, 0.25) is 0 Å². The van der Waals surface area contributed by atoms with E-state index in [1.165, 1.54) is 0 Å². The van der Waals surface area contributed by atoms with Crippen LogP contribution in [0.25, 0.3) is 0 Å². The minimum atomic E-state index is -0.635. The molecule has 130 valence electrons. The fraction of sp³-hybridized carbons (Fsp3) is 0.889. The van der Waals surface area contributed by atoms with E-state index in [0.717, 1.165) is 0 Å². The van der Waals surface area contributed by atoms with E-state index in [1.807, 2.05) is 69.2 Å². The van der Waals surface area contributed by atoms with E-state index in [2.05, 4.69) is 5.92 Å². The standard InChI is InChI=1S/C18H34O4/c1-12-14(18(10,11)22-20-16(5,6)7)13-17(8,9)21-19-15(2,3)4/h1,14H,13H2,2-11H3. The van der Waals surface area contributed by atoms with Gasteiger partial charge in [-0.05, 0) is 75.7 Å². The van der Waals surface area contributed by atoms with Crippen molar-refractivity contribution in [1.82, 2.24) is 0 Å². The normalized spacial score (nSPS) is 15.5. The molecular weight excluding hydrogens is 280 g/mol. The SMILES string of the molecule is C#CC(CC(C)(C)OOC(C)(C)C)C(C)(C)OOC(C)(C)C. The van der Waals surface area contributed by atoms with Crippen molar-refractivity contribution in [2.24, 2.45) is 5.92 Å². The van der Waals surface area contributed by atoms with Crippen LogP contribution in [-0.2, 0) is 19.6 Å². The fourth-order valence-corrected chi connectivity index (χ4v) is 1.56. The van der Waals surface area contributed by atoms with Gasteiger partial charge in [-0.1, -0.05) is 0 Å². The number of rotatable bonds is 7. The Kier molecular flexibility index (Phi) is 7.11. The Bertz CT molecular complexity index is 377. The molecule has 0 rings (SSSR count). The average Bonchev–Trinajstić information content (AvgIpc) is 2.30. The summed E-state index contributed by atoms with van der Waals surface area (Å²) in [6.45, 7) is 19.3. The van der Waals surface area contributed by atoms with Gasteiger partial charge < -0.3 is 0 Å². The zero-order chi connectivity index (χ0) is 17.8. The molecule has 22 heavy (non-hydrogen) atoms. The first-order valence-electron chi connectivity index (χ1n) is 7.78. The zero-order valence-corrected chi connectivity index (χ0v) is 16.0. The molecule has 0 aliphatic heterocycles. The van der Waals surface area contributed by atoms with Gasteiger partial charge in [0.15, 0.2) is 0 Å². The highest BCUT2D eigenvalue weighted by Gasteiger charge is 2.37. The lowest BCUT2D eigenvalue weighted by Gasteiger charge is -2.37. The quantitative estimate of drug-likeness (QED) is 0.388. The Hall–Kier alpha value is -0.600. The van der Waals surface area contributed by atoms with Crippen molar-refractivity contribution in [3.8, 4) is 12.3 Å². The van der Waals surface area contributed by atoms with Crippen LogP contribution in [0.2, 0.25) is 0 Å². The van der Waals surface area contributed by atoms with Crippen LogP contribution in [0.3, 0.4) is 0 Å². The van der Waals surface area contributed by atoms with Crippen LogP contribution >= 0.6 is 0 Å². The number of hydrogen-bond donors (Lipinski definition) is 0. The molecule has 0 aliphatic carbocycles. The summed E-state index contributed by atoms with van der Waals surface area (Å²) < 4.78 is 0. The molecule has 4 nitrogen and oxygen atoms in total. The molecule has 4 heteroatoms. The topological polar surface area (TPSA) is 36.9 Å². The van der Waals surface area contributed by atoms with Gasteiger partial charge in [-0.3, -0.25) is 0 Å². The summed E-state index contributed by atoms with van der Waals surface area (Å²) in [4.78, 5) is 22.0. The van der Waals surface area contributed by atoms with Crippen LogP contribution in [-0.4, -0.2) is 22.4 Å². The Labute approximate surface area is 136 Å². The van der Waals surface area contributed by atoms with Crippen molar-refractivity contribution >= 4 is 0 Å². The van der Waals surface area contributed by atoms with Gasteiger partial charge in [-0.15, -0.1) is 12.3 Å². The highest BCUT2D eigenvalue weighted by atomic mass is 17.2. The minimum absolute atomic E-state index is 0.187. The van der Waals surface area contributed by atoms with Crippen molar-refractivity contribution in [3.63, 3.8) is 0 Å². The van der Waals surface area contributed by atoms with E-state index in [-0.39, 0.29) is 11.5 Å². The summed E-state index contributed by atoms with van der Waals surface area (Å²) in [5.74, 6) is 2.60. The van der Waals surface area contributed by atoms with Gasteiger partial charge in [0.05, 0.1) is 22.7 Å². The largest absolute Gasteiger partial charge is 0.230 e. The van der Waals surface area contributed by atoms with E-state index < -0.39 is 16.8 Å². The van der Waals surface area contributed by atoms with Crippen molar-refractivity contribution < 1.29 is 19.6 Å². The highest BCUT2D eigenvalue weighted by molar-refractivity contribution is 5.03. The molecule has 0 N–H and O–H groups in total. The number of terminal acetylenes is 1. The predicted molar refractivity (Wildman–Crippen MR) is 88.9 cm³/mol. The molecule has 0 aromatic carbocycles. The van der Waals surface area contributed by atoms with Gasteiger partial charge in [0.25, 0.3) is 0 Å². The monoisotopic (exact) mass is 314 g/mol. The van der Waals surface area contributed by atoms with E-state index in [1.54, 1.807) is 0 Å². The predicted octanol–water partition coefficient (Wildman–Crippen LogP) is 4.68. The molecular formula is C18H34O4. The van der Waals surface area contributed by atoms with E-state index in [9.17, 15) is 0 Å². The molecule has 0 spiro atoms. The summed E-state index contributed by atoms with van der Waals surface area (Å²) in [6, 6.07) is 0. The first-order chi connectivity index (χ1) is 9.58. The minimum Gasteiger partial charge on any atom is -0.230 e. The summed E-state index contributed by atoms with van der Waals surface area (Å²) >= 11 is 0. The molecule has 0 aromatic heterocycles. The molecule has 0 radical (unpaired) electrons. The van der Waals surface area contributed by atoms with Gasteiger partial charge in [0, 0.05) is 0 Å². The summed E-state index contributed by atoms with van der Waals surface area (Å²) in [6.07, 6.45) is 6.29. The van der Waals surface area contributed by atoms with Crippen LogP contribution in [0.5, 0.6) is 0 Å². The zero-order valence-electron chi connectivity index (χ0n) is 16.0. The van der Waals surface area contributed by atoms with Crippen LogP contribution in [0.4, 0.5) is 0 Å². The van der Waals surface area contributed by atoms with Gasteiger partial charge in [-0.25, -0.2) is 19.6 Å². The second-order valence-corrected chi connectivity index (χ2v) is 8.84. The lowest BCUT2D eigenvalue weighted by atomic mass is 9.83. The number of hydrogen-bond acceptors (Lipinski definition) is 4. The molecule has 1 unspecified atom stereocenters. The van der Waals surface area contributed by atoms with Crippen LogP contribution in [0.15, 0.2) is 0 Å². The van der Waals surface area contributed by atoms with Gasteiger partial charge >= 0.3 is 0 Å². The second-order valence-electron chi connectivity index (χ2n) is 8.84. The maximum atomic E-state index is 5.71. The van der Waals surface area contributed by atoms with Gasteiger partial charge in [-0.2, -0.15) is 0 Å². The molecule has 0 heterocycles. The first-order valence-corrected chi connectivity index (χ1v) is 7.78. The molecule has 0 fully saturated rings. The maximum absolute atomic E-state index is 5.71. The summed E-state index contributed by atoms with van der Waals surface area (Å²) in [5, 5.41) is 0. The first kappa shape index (κ1) is 21.4. The highest BCUT2D eigenvalue weighted by Crippen LogP contribution is 2.32. The fourth-order valence-electron chi connectivity index (χ4n) is 1.56. The molecule has 1 atom stereocenters. The van der Waals surface area contributed by atoms with Crippen molar-refractivity contribution in [1.29, 1.82) is 0 Å². The molecule has 0 saturated carbocycles. The molecule has 0 amide bonds. The Morgan fingerprint density at radius 3 is 1.50 bits per heavy atom. The van der Waals surface area contributed by atoms with E-state index >= 15 is 0 Å². The van der Waals surface area contributed by atoms with Crippen LogP contribution < -0.4 is 0 Å². The third kappa shape index (κ3) is 9.42. The van der Waals surface area contributed by atoms with Crippen molar-refractivity contribution in [2.45, 2.75) is 98.1 Å². The lowest BCUT2D eigenvalue weighted by molar-refractivity contribution is -0.415. The molecule has 0 aliphatic rings. The Morgan fingerprint density at radius 1 is 0.727 bits per heavy atom. The lowest BCUT2D eigenvalue weighted by Crippen LogP contribution is -2.41.